The minimum Gasteiger partial charge on any atom is -0.437 e. The van der Waals surface area contributed by atoms with Crippen LogP contribution >= 0.6 is 23.2 Å². The van der Waals surface area contributed by atoms with Gasteiger partial charge in [0.15, 0.2) is 0 Å². The van der Waals surface area contributed by atoms with Crippen molar-refractivity contribution in [1.82, 2.24) is 4.98 Å². The number of rotatable bonds is 3. The summed E-state index contributed by atoms with van der Waals surface area (Å²) in [4.78, 5) is 14.1. The lowest BCUT2D eigenvalue weighted by Crippen LogP contribution is -1.97. The summed E-state index contributed by atoms with van der Waals surface area (Å²) in [7, 11) is 0. The molecule has 104 valence electrons. The SMILES string of the molecule is Cc1cc([N+](=O)[O-])ccc1Oc1nc(N)c(Cl)cc1Cl. The van der Waals surface area contributed by atoms with Crippen molar-refractivity contribution in [3.05, 3.63) is 50.0 Å². The Bertz CT molecular complexity index is 692. The molecule has 0 saturated carbocycles. The minimum atomic E-state index is -0.484. The Kier molecular flexibility index (Phi) is 3.96. The molecule has 0 amide bonds. The maximum absolute atomic E-state index is 10.7. The molecule has 0 aliphatic carbocycles. The van der Waals surface area contributed by atoms with Crippen molar-refractivity contribution in [2.24, 2.45) is 0 Å². The zero-order valence-electron chi connectivity index (χ0n) is 10.3. The van der Waals surface area contributed by atoms with Crippen molar-refractivity contribution < 1.29 is 9.66 Å². The maximum atomic E-state index is 10.7. The molecule has 6 nitrogen and oxygen atoms in total. The van der Waals surface area contributed by atoms with Gasteiger partial charge in [-0.05, 0) is 24.6 Å². The number of aromatic nitrogens is 1. The molecule has 0 unspecified atom stereocenters. The number of aryl methyl sites for hydroxylation is 1. The Balaban J connectivity index is 2.35. The van der Waals surface area contributed by atoms with E-state index >= 15 is 0 Å². The third-order valence-corrected chi connectivity index (χ3v) is 3.07. The van der Waals surface area contributed by atoms with Gasteiger partial charge >= 0.3 is 0 Å². The van der Waals surface area contributed by atoms with Crippen LogP contribution in [0.4, 0.5) is 11.5 Å². The summed E-state index contributed by atoms with van der Waals surface area (Å²) in [5, 5.41) is 11.1. The van der Waals surface area contributed by atoms with Gasteiger partial charge in [0.2, 0.25) is 5.88 Å². The first-order valence-corrected chi connectivity index (χ1v) is 6.18. The molecule has 0 aliphatic rings. The van der Waals surface area contributed by atoms with Crippen LogP contribution in [0.1, 0.15) is 5.56 Å². The molecular weight excluding hydrogens is 305 g/mol. The Labute approximate surface area is 124 Å². The van der Waals surface area contributed by atoms with Crippen molar-refractivity contribution in [2.45, 2.75) is 6.92 Å². The fourth-order valence-electron chi connectivity index (χ4n) is 1.50. The van der Waals surface area contributed by atoms with E-state index in [1.165, 1.54) is 24.3 Å². The highest BCUT2D eigenvalue weighted by Gasteiger charge is 2.13. The first kappa shape index (κ1) is 14.4. The van der Waals surface area contributed by atoms with Gasteiger partial charge in [-0.3, -0.25) is 10.1 Å². The quantitative estimate of drug-likeness (QED) is 0.683. The predicted octanol–water partition coefficient (Wildman–Crippen LogP) is 3.98. The fourth-order valence-corrected chi connectivity index (χ4v) is 1.90. The number of hydrogen-bond donors (Lipinski definition) is 1. The summed E-state index contributed by atoms with van der Waals surface area (Å²) in [5.41, 5.74) is 6.13. The number of nitrogen functional groups attached to an aromatic ring is 1. The average molecular weight is 314 g/mol. The zero-order valence-corrected chi connectivity index (χ0v) is 11.8. The highest BCUT2D eigenvalue weighted by Crippen LogP contribution is 2.34. The molecule has 0 saturated heterocycles. The number of anilines is 1. The van der Waals surface area contributed by atoms with E-state index in [0.717, 1.165) is 0 Å². The molecule has 2 aromatic rings. The number of pyridine rings is 1. The largest absolute Gasteiger partial charge is 0.437 e. The number of nitrogens with zero attached hydrogens (tertiary/aromatic N) is 2. The van der Waals surface area contributed by atoms with Gasteiger partial charge in [-0.1, -0.05) is 23.2 Å². The summed E-state index contributed by atoms with van der Waals surface area (Å²) in [6, 6.07) is 5.61. The van der Waals surface area contributed by atoms with Gasteiger partial charge in [-0.15, -0.1) is 0 Å². The van der Waals surface area contributed by atoms with E-state index in [0.29, 0.717) is 11.3 Å². The number of nitro benzene ring substituents is 1. The van der Waals surface area contributed by atoms with Crippen LogP contribution in [-0.4, -0.2) is 9.91 Å². The molecule has 8 heteroatoms. The smallest absolute Gasteiger partial charge is 0.269 e. The molecule has 0 fully saturated rings. The van der Waals surface area contributed by atoms with Crippen molar-refractivity contribution in [3.8, 4) is 11.6 Å². The van der Waals surface area contributed by atoms with E-state index in [2.05, 4.69) is 4.98 Å². The maximum Gasteiger partial charge on any atom is 0.269 e. The number of non-ortho nitro benzene ring substituents is 1. The zero-order chi connectivity index (χ0) is 14.9. The number of nitro groups is 1. The monoisotopic (exact) mass is 313 g/mol. The normalized spacial score (nSPS) is 10.3. The summed E-state index contributed by atoms with van der Waals surface area (Å²) < 4.78 is 5.51. The van der Waals surface area contributed by atoms with Gasteiger partial charge in [0.25, 0.3) is 5.69 Å². The number of benzene rings is 1. The summed E-state index contributed by atoms with van der Waals surface area (Å²) >= 11 is 11.7. The van der Waals surface area contributed by atoms with E-state index in [9.17, 15) is 10.1 Å². The molecule has 20 heavy (non-hydrogen) atoms. The van der Waals surface area contributed by atoms with Crippen LogP contribution in [0.3, 0.4) is 0 Å². The fraction of sp³-hybridized carbons (Fsp3) is 0.0833. The highest BCUT2D eigenvalue weighted by molar-refractivity contribution is 6.36. The van der Waals surface area contributed by atoms with Gasteiger partial charge in [0.05, 0.1) is 9.95 Å². The van der Waals surface area contributed by atoms with Crippen molar-refractivity contribution in [2.75, 3.05) is 5.73 Å². The van der Waals surface area contributed by atoms with Crippen LogP contribution in [0.25, 0.3) is 0 Å². The second kappa shape index (κ2) is 5.52. The minimum absolute atomic E-state index is 0.0236. The van der Waals surface area contributed by atoms with Crippen molar-refractivity contribution in [1.29, 1.82) is 0 Å². The van der Waals surface area contributed by atoms with Gasteiger partial charge in [-0.2, -0.15) is 4.98 Å². The summed E-state index contributed by atoms with van der Waals surface area (Å²) in [6.07, 6.45) is 0. The Hall–Kier alpha value is -2.05. The number of halogens is 2. The van der Waals surface area contributed by atoms with Crippen molar-refractivity contribution >= 4 is 34.7 Å². The van der Waals surface area contributed by atoms with Crippen LogP contribution in [0.5, 0.6) is 11.6 Å². The van der Waals surface area contributed by atoms with E-state index in [-0.39, 0.29) is 27.4 Å². The standard InChI is InChI=1S/C12H9Cl2N3O3/c1-6-4-7(17(18)19)2-3-10(6)20-12-9(14)5-8(13)11(15)16-12/h2-5H,1H3,(H2,15,16). The second-order valence-corrected chi connectivity index (χ2v) is 4.77. The molecule has 0 aliphatic heterocycles. The van der Waals surface area contributed by atoms with Gasteiger partial charge < -0.3 is 10.5 Å². The molecule has 1 heterocycles. The second-order valence-electron chi connectivity index (χ2n) is 3.95. The highest BCUT2D eigenvalue weighted by atomic mass is 35.5. The Morgan fingerprint density at radius 3 is 2.60 bits per heavy atom. The van der Waals surface area contributed by atoms with E-state index in [4.69, 9.17) is 33.7 Å². The summed E-state index contributed by atoms with van der Waals surface area (Å²) in [6.45, 7) is 1.68. The number of ether oxygens (including phenoxy) is 1. The van der Waals surface area contributed by atoms with Crippen LogP contribution in [-0.2, 0) is 0 Å². The first-order valence-electron chi connectivity index (χ1n) is 5.43. The molecule has 0 atom stereocenters. The van der Waals surface area contributed by atoms with Crippen LogP contribution in [0.15, 0.2) is 24.3 Å². The topological polar surface area (TPSA) is 91.3 Å². The predicted molar refractivity (Wildman–Crippen MR) is 76.6 cm³/mol. The van der Waals surface area contributed by atoms with E-state index in [1.807, 2.05) is 0 Å². The number of hydrogen-bond acceptors (Lipinski definition) is 5. The number of nitrogens with two attached hydrogens (primary N) is 1. The van der Waals surface area contributed by atoms with Crippen molar-refractivity contribution in [3.63, 3.8) is 0 Å². The lowest BCUT2D eigenvalue weighted by Gasteiger charge is -2.10. The van der Waals surface area contributed by atoms with Gasteiger partial charge in [-0.25, -0.2) is 0 Å². The molecule has 1 aromatic carbocycles. The molecule has 2 rings (SSSR count). The summed E-state index contributed by atoms with van der Waals surface area (Å²) in [5.74, 6) is 0.572. The molecule has 2 N–H and O–H groups in total. The van der Waals surface area contributed by atoms with Gasteiger partial charge in [0, 0.05) is 12.1 Å². The molecule has 0 bridgehead atoms. The average Bonchev–Trinajstić information content (AvgIpc) is 2.37. The van der Waals surface area contributed by atoms with Crippen LogP contribution < -0.4 is 10.5 Å². The van der Waals surface area contributed by atoms with Gasteiger partial charge in [0.1, 0.15) is 16.6 Å². The molecular formula is C12H9Cl2N3O3. The Morgan fingerprint density at radius 1 is 1.30 bits per heavy atom. The lowest BCUT2D eigenvalue weighted by atomic mass is 10.2. The van der Waals surface area contributed by atoms with E-state index in [1.54, 1.807) is 6.92 Å². The lowest BCUT2D eigenvalue weighted by molar-refractivity contribution is -0.384. The third kappa shape index (κ3) is 2.92. The first-order chi connectivity index (χ1) is 9.38. The Morgan fingerprint density at radius 2 is 2.00 bits per heavy atom. The molecule has 0 radical (unpaired) electrons. The molecule has 0 spiro atoms. The van der Waals surface area contributed by atoms with E-state index < -0.39 is 4.92 Å². The van der Waals surface area contributed by atoms with Crippen LogP contribution in [0.2, 0.25) is 10.0 Å². The third-order valence-electron chi connectivity index (χ3n) is 2.50. The van der Waals surface area contributed by atoms with Crippen LogP contribution in [0, 0.1) is 17.0 Å². The molecule has 1 aromatic heterocycles.